The molecule has 3 heteroatoms. The molecule has 2 fully saturated rings. The largest absolute Gasteiger partial charge is 0.340 e. The molecule has 2 rings (SSSR count). The molecule has 1 heterocycles. The lowest BCUT2D eigenvalue weighted by Crippen LogP contribution is -2.51. The van der Waals surface area contributed by atoms with E-state index in [1.54, 1.807) is 0 Å². The third kappa shape index (κ3) is 3.71. The Morgan fingerprint density at radius 3 is 2.61 bits per heavy atom. The van der Waals surface area contributed by atoms with Crippen LogP contribution in [0.5, 0.6) is 0 Å². The van der Waals surface area contributed by atoms with Crippen molar-refractivity contribution in [2.45, 2.75) is 58.9 Å². The van der Waals surface area contributed by atoms with Crippen molar-refractivity contribution in [2.24, 2.45) is 11.3 Å². The van der Waals surface area contributed by atoms with Crippen molar-refractivity contribution in [3.63, 3.8) is 0 Å². The maximum atomic E-state index is 12.3. The molecule has 1 aliphatic carbocycles. The van der Waals surface area contributed by atoms with Gasteiger partial charge in [0.1, 0.15) is 0 Å². The summed E-state index contributed by atoms with van der Waals surface area (Å²) >= 11 is 0. The molecule has 0 aromatic carbocycles. The Bertz CT molecular complexity index is 291. The normalized spacial score (nSPS) is 29.3. The number of carbonyl (C=O) groups excluding carboxylic acids is 1. The van der Waals surface area contributed by atoms with Crippen molar-refractivity contribution < 1.29 is 4.79 Å². The standard InChI is InChI=1S/C15H28N2O/c1-12-11-17(9-8-16-12)14(18)10-13-4-6-15(2,3)7-5-13/h12-13,16H,4-11H2,1-3H3/t12-/m1/s1. The number of rotatable bonds is 2. The third-order valence-electron chi connectivity index (χ3n) is 4.64. The van der Waals surface area contributed by atoms with Gasteiger partial charge in [0.15, 0.2) is 0 Å². The highest BCUT2D eigenvalue weighted by atomic mass is 16.2. The van der Waals surface area contributed by atoms with Crippen LogP contribution in [0.1, 0.15) is 52.9 Å². The van der Waals surface area contributed by atoms with Crippen molar-refractivity contribution in [1.82, 2.24) is 10.2 Å². The zero-order valence-electron chi connectivity index (χ0n) is 12.2. The Hall–Kier alpha value is -0.570. The smallest absolute Gasteiger partial charge is 0.222 e. The van der Waals surface area contributed by atoms with Crippen LogP contribution in [0.25, 0.3) is 0 Å². The molecular formula is C15H28N2O. The minimum absolute atomic E-state index is 0.382. The van der Waals surface area contributed by atoms with Gasteiger partial charge in [-0.1, -0.05) is 13.8 Å². The maximum absolute atomic E-state index is 12.3. The minimum Gasteiger partial charge on any atom is -0.340 e. The van der Waals surface area contributed by atoms with Crippen LogP contribution in [0.15, 0.2) is 0 Å². The second-order valence-corrected chi connectivity index (χ2v) is 7.01. The maximum Gasteiger partial charge on any atom is 0.222 e. The van der Waals surface area contributed by atoms with Crippen molar-refractivity contribution in [1.29, 1.82) is 0 Å². The third-order valence-corrected chi connectivity index (χ3v) is 4.64. The Balaban J connectivity index is 1.77. The average molecular weight is 252 g/mol. The van der Waals surface area contributed by atoms with E-state index in [0.29, 0.717) is 23.3 Å². The van der Waals surface area contributed by atoms with Gasteiger partial charge in [-0.15, -0.1) is 0 Å². The van der Waals surface area contributed by atoms with Gasteiger partial charge in [-0.3, -0.25) is 4.79 Å². The van der Waals surface area contributed by atoms with Crippen LogP contribution in [0.3, 0.4) is 0 Å². The molecule has 0 aromatic rings. The Kier molecular flexibility index (Phi) is 4.31. The predicted octanol–water partition coefficient (Wildman–Crippen LogP) is 2.41. The molecule has 18 heavy (non-hydrogen) atoms. The molecule has 1 saturated heterocycles. The number of hydrogen-bond donors (Lipinski definition) is 1. The molecular weight excluding hydrogens is 224 g/mol. The molecule has 0 spiro atoms. The van der Waals surface area contributed by atoms with Crippen LogP contribution in [0.2, 0.25) is 0 Å². The predicted molar refractivity (Wildman–Crippen MR) is 74.4 cm³/mol. The van der Waals surface area contributed by atoms with E-state index in [9.17, 15) is 4.79 Å². The van der Waals surface area contributed by atoms with Crippen molar-refractivity contribution in [3.05, 3.63) is 0 Å². The molecule has 1 atom stereocenters. The van der Waals surface area contributed by atoms with E-state index >= 15 is 0 Å². The molecule has 1 saturated carbocycles. The van der Waals surface area contributed by atoms with Crippen LogP contribution < -0.4 is 5.32 Å². The number of nitrogens with one attached hydrogen (secondary N) is 1. The Morgan fingerprint density at radius 1 is 1.33 bits per heavy atom. The molecule has 0 bridgehead atoms. The molecule has 3 nitrogen and oxygen atoms in total. The Labute approximate surface area is 111 Å². The van der Waals surface area contributed by atoms with Gasteiger partial charge in [0, 0.05) is 32.1 Å². The Morgan fingerprint density at radius 2 is 2.00 bits per heavy atom. The lowest BCUT2D eigenvalue weighted by molar-refractivity contribution is -0.133. The summed E-state index contributed by atoms with van der Waals surface area (Å²) in [5, 5.41) is 3.39. The van der Waals surface area contributed by atoms with Crippen molar-refractivity contribution in [3.8, 4) is 0 Å². The first-order valence-corrected chi connectivity index (χ1v) is 7.47. The van der Waals surface area contributed by atoms with E-state index in [-0.39, 0.29) is 0 Å². The molecule has 104 valence electrons. The highest BCUT2D eigenvalue weighted by Gasteiger charge is 2.29. The van der Waals surface area contributed by atoms with Gasteiger partial charge >= 0.3 is 0 Å². The van der Waals surface area contributed by atoms with E-state index in [0.717, 1.165) is 26.1 Å². The van der Waals surface area contributed by atoms with Gasteiger partial charge < -0.3 is 10.2 Å². The summed E-state index contributed by atoms with van der Waals surface area (Å²) in [4.78, 5) is 14.3. The quantitative estimate of drug-likeness (QED) is 0.818. The fourth-order valence-electron chi connectivity index (χ4n) is 3.20. The monoisotopic (exact) mass is 252 g/mol. The van der Waals surface area contributed by atoms with Crippen LogP contribution in [-0.4, -0.2) is 36.5 Å². The van der Waals surface area contributed by atoms with E-state index in [1.807, 2.05) is 0 Å². The number of carbonyl (C=O) groups is 1. The molecule has 0 aromatic heterocycles. The fraction of sp³-hybridized carbons (Fsp3) is 0.933. The van der Waals surface area contributed by atoms with Gasteiger partial charge in [0.05, 0.1) is 0 Å². The van der Waals surface area contributed by atoms with Crippen LogP contribution in [0.4, 0.5) is 0 Å². The topological polar surface area (TPSA) is 32.3 Å². The molecule has 0 unspecified atom stereocenters. The van der Waals surface area contributed by atoms with Crippen LogP contribution in [-0.2, 0) is 4.79 Å². The SMILES string of the molecule is C[C@@H]1CN(C(=O)CC2CCC(C)(C)CC2)CCN1. The first-order valence-electron chi connectivity index (χ1n) is 7.47. The highest BCUT2D eigenvalue weighted by molar-refractivity contribution is 5.76. The first-order chi connectivity index (χ1) is 8.46. The van der Waals surface area contributed by atoms with E-state index in [1.165, 1.54) is 25.7 Å². The number of amides is 1. The van der Waals surface area contributed by atoms with Crippen LogP contribution >= 0.6 is 0 Å². The fourth-order valence-corrected chi connectivity index (χ4v) is 3.20. The average Bonchev–Trinajstić information content (AvgIpc) is 2.32. The molecule has 1 N–H and O–H groups in total. The van der Waals surface area contributed by atoms with Gasteiger partial charge in [0.25, 0.3) is 0 Å². The summed E-state index contributed by atoms with van der Waals surface area (Å²) < 4.78 is 0. The zero-order valence-corrected chi connectivity index (χ0v) is 12.2. The minimum atomic E-state index is 0.382. The summed E-state index contributed by atoms with van der Waals surface area (Å²) in [7, 11) is 0. The molecule has 1 amide bonds. The summed E-state index contributed by atoms with van der Waals surface area (Å²) in [6.07, 6.45) is 5.81. The summed E-state index contributed by atoms with van der Waals surface area (Å²) in [6.45, 7) is 9.58. The molecule has 1 aliphatic heterocycles. The van der Waals surface area contributed by atoms with E-state index in [4.69, 9.17) is 0 Å². The van der Waals surface area contributed by atoms with E-state index < -0.39 is 0 Å². The zero-order chi connectivity index (χ0) is 13.2. The number of nitrogens with zero attached hydrogens (tertiary/aromatic N) is 1. The molecule has 2 aliphatic rings. The summed E-state index contributed by atoms with van der Waals surface area (Å²) in [6, 6.07) is 0.452. The first kappa shape index (κ1) is 13.9. The second-order valence-electron chi connectivity index (χ2n) is 7.01. The number of piperazine rings is 1. The highest BCUT2D eigenvalue weighted by Crippen LogP contribution is 2.39. The molecule has 0 radical (unpaired) electrons. The van der Waals surface area contributed by atoms with E-state index in [2.05, 4.69) is 31.0 Å². The lowest BCUT2D eigenvalue weighted by atomic mass is 9.72. The van der Waals surface area contributed by atoms with Crippen molar-refractivity contribution in [2.75, 3.05) is 19.6 Å². The summed E-state index contributed by atoms with van der Waals surface area (Å²) in [5.41, 5.74) is 0.503. The van der Waals surface area contributed by atoms with Crippen LogP contribution in [0, 0.1) is 11.3 Å². The van der Waals surface area contributed by atoms with Gasteiger partial charge in [0.2, 0.25) is 5.91 Å². The van der Waals surface area contributed by atoms with Gasteiger partial charge in [-0.25, -0.2) is 0 Å². The summed E-state index contributed by atoms with van der Waals surface area (Å²) in [5.74, 6) is 1.02. The second kappa shape index (κ2) is 5.60. The van der Waals surface area contributed by atoms with Gasteiger partial charge in [-0.2, -0.15) is 0 Å². The lowest BCUT2D eigenvalue weighted by Gasteiger charge is -2.36. The number of hydrogen-bond acceptors (Lipinski definition) is 2. The van der Waals surface area contributed by atoms with Crippen molar-refractivity contribution >= 4 is 5.91 Å². The van der Waals surface area contributed by atoms with Gasteiger partial charge in [-0.05, 0) is 43.9 Å².